The molecule has 0 unspecified atom stereocenters. The van der Waals surface area contributed by atoms with Crippen LogP contribution in [0.25, 0.3) is 0 Å². The summed E-state index contributed by atoms with van der Waals surface area (Å²) >= 11 is 5.87. The molecule has 0 bridgehead atoms. The van der Waals surface area contributed by atoms with Gasteiger partial charge in [0.05, 0.1) is 5.02 Å². The standard InChI is InChI=1S/C21H21ClN2O5/c22-15-10-14(6-8-18(15)25)11-16(21(28)29)23-20(27)17-7-9-19(26)24(17)12-13-4-2-1-3-5-13/h1-6,8,10,16-17,25H,7,9,11-12H2,(H,23,27)(H,28,29)/t16-,17-/m0/s1. The SMILES string of the molecule is O=C(O)[C@H](Cc1ccc(O)c(Cl)c1)NC(=O)[C@@H]1CCC(=O)N1Cc1ccccc1. The van der Waals surface area contributed by atoms with Crippen molar-refractivity contribution in [1.82, 2.24) is 10.2 Å². The first kappa shape index (κ1) is 20.7. The Hall–Kier alpha value is -3.06. The maximum atomic E-state index is 12.8. The number of benzene rings is 2. The summed E-state index contributed by atoms with van der Waals surface area (Å²) in [6.45, 7) is 0.295. The average molecular weight is 417 g/mol. The van der Waals surface area contributed by atoms with Gasteiger partial charge in [-0.1, -0.05) is 48.0 Å². The first-order valence-corrected chi connectivity index (χ1v) is 9.57. The number of nitrogens with one attached hydrogen (secondary N) is 1. The smallest absolute Gasteiger partial charge is 0.326 e. The van der Waals surface area contributed by atoms with Crippen LogP contribution in [-0.4, -0.2) is 45.0 Å². The number of hydrogen-bond donors (Lipinski definition) is 3. The van der Waals surface area contributed by atoms with Crippen LogP contribution in [0.3, 0.4) is 0 Å². The van der Waals surface area contributed by atoms with Gasteiger partial charge in [0.2, 0.25) is 11.8 Å². The van der Waals surface area contributed by atoms with Crippen LogP contribution in [-0.2, 0) is 27.3 Å². The van der Waals surface area contributed by atoms with E-state index in [1.165, 1.54) is 17.0 Å². The van der Waals surface area contributed by atoms with E-state index >= 15 is 0 Å². The molecule has 1 fully saturated rings. The molecule has 0 aliphatic carbocycles. The summed E-state index contributed by atoms with van der Waals surface area (Å²) in [4.78, 5) is 38.2. The number of phenolic OH excluding ortho intramolecular Hbond substituents is 1. The first-order valence-electron chi connectivity index (χ1n) is 9.19. The molecule has 0 radical (unpaired) electrons. The molecule has 7 nitrogen and oxygen atoms in total. The van der Waals surface area contributed by atoms with Gasteiger partial charge in [-0.3, -0.25) is 9.59 Å². The lowest BCUT2D eigenvalue weighted by Gasteiger charge is -2.26. The number of aromatic hydroxyl groups is 1. The normalized spacial score (nSPS) is 17.2. The predicted molar refractivity (Wildman–Crippen MR) is 106 cm³/mol. The number of carbonyl (C=O) groups is 3. The molecular formula is C21H21ClN2O5. The average Bonchev–Trinajstić information content (AvgIpc) is 3.05. The first-order chi connectivity index (χ1) is 13.8. The molecule has 1 heterocycles. The molecule has 3 rings (SSSR count). The highest BCUT2D eigenvalue weighted by atomic mass is 35.5. The number of phenols is 1. The summed E-state index contributed by atoms with van der Waals surface area (Å²) < 4.78 is 0. The third kappa shape index (κ3) is 5.06. The quantitative estimate of drug-likeness (QED) is 0.642. The van der Waals surface area contributed by atoms with Crippen molar-refractivity contribution in [2.24, 2.45) is 0 Å². The van der Waals surface area contributed by atoms with Crippen LogP contribution >= 0.6 is 11.6 Å². The lowest BCUT2D eigenvalue weighted by molar-refractivity contribution is -0.143. The van der Waals surface area contributed by atoms with Gasteiger partial charge in [0.1, 0.15) is 17.8 Å². The Kier molecular flexibility index (Phi) is 6.39. The fourth-order valence-corrected chi connectivity index (χ4v) is 3.57. The van der Waals surface area contributed by atoms with Crippen LogP contribution in [0.2, 0.25) is 5.02 Å². The second kappa shape index (κ2) is 8.96. The number of likely N-dealkylation sites (tertiary alicyclic amines) is 1. The largest absolute Gasteiger partial charge is 0.506 e. The van der Waals surface area contributed by atoms with E-state index in [9.17, 15) is 24.6 Å². The summed E-state index contributed by atoms with van der Waals surface area (Å²) in [5, 5.41) is 21.7. The van der Waals surface area contributed by atoms with Gasteiger partial charge in [0.25, 0.3) is 0 Å². The number of aliphatic carboxylic acids is 1. The molecule has 0 aromatic heterocycles. The number of rotatable bonds is 7. The topological polar surface area (TPSA) is 107 Å². The van der Waals surface area contributed by atoms with E-state index in [-0.39, 0.29) is 29.5 Å². The highest BCUT2D eigenvalue weighted by Gasteiger charge is 2.37. The van der Waals surface area contributed by atoms with Crippen LogP contribution in [0.15, 0.2) is 48.5 Å². The van der Waals surface area contributed by atoms with E-state index in [1.807, 2.05) is 30.3 Å². The van der Waals surface area contributed by atoms with Gasteiger partial charge in [-0.25, -0.2) is 4.79 Å². The number of carboxylic acid groups (broad SMARTS) is 1. The van der Waals surface area contributed by atoms with Crippen LogP contribution in [0.1, 0.15) is 24.0 Å². The third-order valence-corrected chi connectivity index (χ3v) is 5.20. The van der Waals surface area contributed by atoms with Gasteiger partial charge in [-0.2, -0.15) is 0 Å². The van der Waals surface area contributed by atoms with Crippen molar-refractivity contribution in [1.29, 1.82) is 0 Å². The van der Waals surface area contributed by atoms with E-state index < -0.39 is 24.0 Å². The van der Waals surface area contributed by atoms with Gasteiger partial charge in [-0.05, 0) is 29.7 Å². The molecule has 152 valence electrons. The molecule has 3 N–H and O–H groups in total. The van der Waals surface area contributed by atoms with Gasteiger partial charge in [-0.15, -0.1) is 0 Å². The number of hydrogen-bond acceptors (Lipinski definition) is 4. The van der Waals surface area contributed by atoms with E-state index in [1.54, 1.807) is 6.07 Å². The molecule has 2 aromatic rings. The predicted octanol–water partition coefficient (Wildman–Crippen LogP) is 2.35. The van der Waals surface area contributed by atoms with E-state index in [0.29, 0.717) is 18.5 Å². The second-order valence-electron chi connectivity index (χ2n) is 6.95. The Labute approximate surface area is 172 Å². The minimum absolute atomic E-state index is 0.000422. The second-order valence-corrected chi connectivity index (χ2v) is 7.36. The number of halogens is 1. The Morgan fingerprint density at radius 1 is 1.17 bits per heavy atom. The summed E-state index contributed by atoms with van der Waals surface area (Å²) in [7, 11) is 0. The van der Waals surface area contributed by atoms with Crippen molar-refractivity contribution in [2.75, 3.05) is 0 Å². The maximum absolute atomic E-state index is 12.8. The Morgan fingerprint density at radius 3 is 2.55 bits per heavy atom. The van der Waals surface area contributed by atoms with Crippen molar-refractivity contribution in [3.63, 3.8) is 0 Å². The Balaban J connectivity index is 1.70. The minimum atomic E-state index is -1.19. The molecule has 1 aliphatic rings. The van der Waals surface area contributed by atoms with Crippen molar-refractivity contribution >= 4 is 29.4 Å². The lowest BCUT2D eigenvalue weighted by atomic mass is 10.0. The van der Waals surface area contributed by atoms with Gasteiger partial charge in [0, 0.05) is 19.4 Å². The monoisotopic (exact) mass is 416 g/mol. The Morgan fingerprint density at radius 2 is 1.90 bits per heavy atom. The third-order valence-electron chi connectivity index (χ3n) is 4.89. The minimum Gasteiger partial charge on any atom is -0.506 e. The summed E-state index contributed by atoms with van der Waals surface area (Å²) in [5.41, 5.74) is 1.46. The fourth-order valence-electron chi connectivity index (χ4n) is 3.37. The lowest BCUT2D eigenvalue weighted by Crippen LogP contribution is -2.50. The molecule has 2 aromatic carbocycles. The van der Waals surface area contributed by atoms with Crippen molar-refractivity contribution in [3.8, 4) is 5.75 Å². The molecule has 2 amide bonds. The Bertz CT molecular complexity index is 919. The molecular weight excluding hydrogens is 396 g/mol. The highest BCUT2D eigenvalue weighted by molar-refractivity contribution is 6.32. The molecule has 2 atom stereocenters. The number of amides is 2. The zero-order valence-electron chi connectivity index (χ0n) is 15.5. The number of carboxylic acids is 1. The summed E-state index contributed by atoms with van der Waals surface area (Å²) in [6.07, 6.45) is 0.589. The van der Waals surface area contributed by atoms with E-state index in [4.69, 9.17) is 11.6 Å². The zero-order chi connectivity index (χ0) is 21.0. The van der Waals surface area contributed by atoms with E-state index in [2.05, 4.69) is 5.32 Å². The molecule has 0 saturated carbocycles. The molecule has 1 aliphatic heterocycles. The van der Waals surface area contributed by atoms with Crippen molar-refractivity contribution < 1.29 is 24.6 Å². The zero-order valence-corrected chi connectivity index (χ0v) is 16.3. The van der Waals surface area contributed by atoms with Crippen LogP contribution in [0.4, 0.5) is 0 Å². The van der Waals surface area contributed by atoms with Crippen molar-refractivity contribution in [2.45, 2.75) is 37.9 Å². The number of carbonyl (C=O) groups excluding carboxylic acids is 2. The molecule has 29 heavy (non-hydrogen) atoms. The van der Waals surface area contributed by atoms with Crippen LogP contribution < -0.4 is 5.32 Å². The summed E-state index contributed by atoms with van der Waals surface area (Å²) in [6, 6.07) is 11.8. The summed E-state index contributed by atoms with van der Waals surface area (Å²) in [5.74, 6) is -1.93. The van der Waals surface area contributed by atoms with Crippen LogP contribution in [0, 0.1) is 0 Å². The highest BCUT2D eigenvalue weighted by Crippen LogP contribution is 2.25. The molecule has 0 spiro atoms. The van der Waals surface area contributed by atoms with Gasteiger partial charge < -0.3 is 20.4 Å². The van der Waals surface area contributed by atoms with Gasteiger partial charge >= 0.3 is 5.97 Å². The fraction of sp³-hybridized carbons (Fsp3) is 0.286. The van der Waals surface area contributed by atoms with Gasteiger partial charge in [0.15, 0.2) is 0 Å². The maximum Gasteiger partial charge on any atom is 0.326 e. The van der Waals surface area contributed by atoms with Crippen molar-refractivity contribution in [3.05, 3.63) is 64.7 Å². The van der Waals surface area contributed by atoms with E-state index in [0.717, 1.165) is 5.56 Å². The molecule has 1 saturated heterocycles. The molecule has 8 heteroatoms. The van der Waals surface area contributed by atoms with Crippen LogP contribution in [0.5, 0.6) is 5.75 Å². The number of nitrogens with zero attached hydrogens (tertiary/aromatic N) is 1.